The van der Waals surface area contributed by atoms with Crippen LogP contribution >= 0.6 is 15.9 Å². The van der Waals surface area contributed by atoms with Crippen LogP contribution in [0.15, 0.2) is 59.1 Å². The number of fused-ring (bicyclic) bond motifs is 1. The summed E-state index contributed by atoms with van der Waals surface area (Å²) in [6.07, 6.45) is -0.849. The van der Waals surface area contributed by atoms with E-state index in [9.17, 15) is 9.50 Å². The van der Waals surface area contributed by atoms with Crippen molar-refractivity contribution >= 4 is 26.7 Å². The molecule has 3 aromatic carbocycles. The number of aliphatic hydroxyl groups is 1. The number of halogens is 2. The Balaban J connectivity index is 2.15. The molecule has 1 atom stereocenters. The minimum absolute atomic E-state index is 0.372. The van der Waals surface area contributed by atoms with Crippen LogP contribution < -0.4 is 0 Å². The molecule has 3 rings (SSSR count). The van der Waals surface area contributed by atoms with E-state index in [1.807, 2.05) is 43.3 Å². The summed E-state index contributed by atoms with van der Waals surface area (Å²) in [5, 5.41) is 12.7. The molecule has 3 heteroatoms. The first-order valence-electron chi connectivity index (χ1n) is 6.69. The summed E-state index contributed by atoms with van der Waals surface area (Å²) in [7, 11) is 0. The molecule has 1 N–H and O–H groups in total. The lowest BCUT2D eigenvalue weighted by atomic mass is 9.94. The maximum absolute atomic E-state index is 13.7. The van der Waals surface area contributed by atoms with E-state index in [0.29, 0.717) is 10.0 Å². The first kappa shape index (κ1) is 14.2. The van der Waals surface area contributed by atoms with Gasteiger partial charge in [0, 0.05) is 0 Å². The SMILES string of the molecule is Cc1ccc(C(O)c2ccc(Br)c(F)c2)c2ccccc12. The summed E-state index contributed by atoms with van der Waals surface area (Å²) in [4.78, 5) is 0. The van der Waals surface area contributed by atoms with E-state index in [2.05, 4.69) is 15.9 Å². The predicted molar refractivity (Wildman–Crippen MR) is 86.8 cm³/mol. The highest BCUT2D eigenvalue weighted by atomic mass is 79.9. The summed E-state index contributed by atoms with van der Waals surface area (Å²) in [5.74, 6) is -0.372. The lowest BCUT2D eigenvalue weighted by Gasteiger charge is -2.16. The van der Waals surface area contributed by atoms with E-state index in [4.69, 9.17) is 0 Å². The van der Waals surface area contributed by atoms with E-state index in [0.717, 1.165) is 21.9 Å². The third-order valence-electron chi connectivity index (χ3n) is 3.73. The molecule has 106 valence electrons. The van der Waals surface area contributed by atoms with E-state index < -0.39 is 6.10 Å². The molecule has 0 heterocycles. The normalized spacial score (nSPS) is 12.6. The van der Waals surface area contributed by atoms with Crippen LogP contribution in [0.5, 0.6) is 0 Å². The molecule has 0 aromatic heterocycles. The van der Waals surface area contributed by atoms with Gasteiger partial charge in [-0.25, -0.2) is 4.39 Å². The van der Waals surface area contributed by atoms with Gasteiger partial charge in [0.05, 0.1) is 4.47 Å². The Bertz CT molecular complexity index is 813. The first-order chi connectivity index (χ1) is 10.1. The molecule has 0 aliphatic carbocycles. The van der Waals surface area contributed by atoms with Gasteiger partial charge in [0.2, 0.25) is 0 Å². The minimum atomic E-state index is -0.849. The number of aryl methyl sites for hydroxylation is 1. The van der Waals surface area contributed by atoms with Crippen molar-refractivity contribution in [2.75, 3.05) is 0 Å². The lowest BCUT2D eigenvalue weighted by molar-refractivity contribution is 0.221. The Morgan fingerprint density at radius 3 is 2.43 bits per heavy atom. The second-order valence-electron chi connectivity index (χ2n) is 5.09. The fraction of sp³-hybridized carbons (Fsp3) is 0.111. The monoisotopic (exact) mass is 344 g/mol. The van der Waals surface area contributed by atoms with E-state index in [1.165, 1.54) is 6.07 Å². The quantitative estimate of drug-likeness (QED) is 0.683. The maximum Gasteiger partial charge on any atom is 0.137 e. The zero-order chi connectivity index (χ0) is 15.0. The van der Waals surface area contributed by atoms with Crippen molar-refractivity contribution < 1.29 is 9.50 Å². The van der Waals surface area contributed by atoms with Gasteiger partial charge in [0.1, 0.15) is 11.9 Å². The standard InChI is InChI=1S/C18H14BrFO/c1-11-6-8-15(14-5-3-2-4-13(11)14)18(21)12-7-9-16(19)17(20)10-12/h2-10,18,21H,1H3. The summed E-state index contributed by atoms with van der Waals surface area (Å²) in [6.45, 7) is 2.04. The maximum atomic E-state index is 13.7. The third-order valence-corrected chi connectivity index (χ3v) is 4.37. The molecule has 0 saturated carbocycles. The second kappa shape index (κ2) is 5.58. The number of hydrogen-bond donors (Lipinski definition) is 1. The molecule has 1 unspecified atom stereocenters. The highest BCUT2D eigenvalue weighted by molar-refractivity contribution is 9.10. The predicted octanol–water partition coefficient (Wildman–Crippen LogP) is 5.13. The van der Waals surface area contributed by atoms with Crippen molar-refractivity contribution in [1.29, 1.82) is 0 Å². The summed E-state index contributed by atoms with van der Waals surface area (Å²) >= 11 is 3.13. The van der Waals surface area contributed by atoms with E-state index in [-0.39, 0.29) is 5.82 Å². The van der Waals surface area contributed by atoms with Crippen molar-refractivity contribution in [1.82, 2.24) is 0 Å². The highest BCUT2D eigenvalue weighted by Gasteiger charge is 2.15. The average molecular weight is 345 g/mol. The van der Waals surface area contributed by atoms with Gasteiger partial charge in [0.25, 0.3) is 0 Å². The van der Waals surface area contributed by atoms with Crippen LogP contribution in [0.4, 0.5) is 4.39 Å². The molecule has 21 heavy (non-hydrogen) atoms. The Kier molecular flexibility index (Phi) is 3.79. The van der Waals surface area contributed by atoms with Crippen LogP contribution in [0.1, 0.15) is 22.8 Å². The molecule has 0 aliphatic rings. The van der Waals surface area contributed by atoms with Gasteiger partial charge in [-0.3, -0.25) is 0 Å². The zero-order valence-corrected chi connectivity index (χ0v) is 13.1. The van der Waals surface area contributed by atoms with Gasteiger partial charge >= 0.3 is 0 Å². The summed E-state index contributed by atoms with van der Waals surface area (Å²) in [6, 6.07) is 16.5. The van der Waals surface area contributed by atoms with Gasteiger partial charge in [-0.1, -0.05) is 42.5 Å². The van der Waals surface area contributed by atoms with Crippen LogP contribution in [-0.2, 0) is 0 Å². The molecule has 0 fully saturated rings. The topological polar surface area (TPSA) is 20.2 Å². The Morgan fingerprint density at radius 2 is 1.71 bits per heavy atom. The molecule has 0 radical (unpaired) electrons. The third kappa shape index (κ3) is 2.59. The molecular formula is C18H14BrFO. The fourth-order valence-corrected chi connectivity index (χ4v) is 2.82. The van der Waals surface area contributed by atoms with Crippen molar-refractivity contribution in [3.63, 3.8) is 0 Å². The molecule has 0 saturated heterocycles. The zero-order valence-electron chi connectivity index (χ0n) is 11.5. The van der Waals surface area contributed by atoms with Crippen LogP contribution in [0, 0.1) is 12.7 Å². The van der Waals surface area contributed by atoms with E-state index in [1.54, 1.807) is 12.1 Å². The first-order valence-corrected chi connectivity index (χ1v) is 7.48. The van der Waals surface area contributed by atoms with Gasteiger partial charge in [-0.15, -0.1) is 0 Å². The molecule has 1 nitrogen and oxygen atoms in total. The van der Waals surface area contributed by atoms with E-state index >= 15 is 0 Å². The lowest BCUT2D eigenvalue weighted by Crippen LogP contribution is -2.02. The smallest absolute Gasteiger partial charge is 0.137 e. The van der Waals surface area contributed by atoms with Gasteiger partial charge in [0.15, 0.2) is 0 Å². The van der Waals surface area contributed by atoms with Gasteiger partial charge in [-0.05, 0) is 62.4 Å². The summed E-state index contributed by atoms with van der Waals surface area (Å²) < 4.78 is 14.1. The molecule has 0 spiro atoms. The van der Waals surface area contributed by atoms with Crippen LogP contribution in [0.2, 0.25) is 0 Å². The van der Waals surface area contributed by atoms with Crippen LogP contribution in [0.3, 0.4) is 0 Å². The van der Waals surface area contributed by atoms with Crippen LogP contribution in [0.25, 0.3) is 10.8 Å². The van der Waals surface area contributed by atoms with Crippen molar-refractivity contribution in [3.05, 3.63) is 81.6 Å². The molecule has 0 amide bonds. The molecular weight excluding hydrogens is 331 g/mol. The average Bonchev–Trinajstić information content (AvgIpc) is 2.50. The van der Waals surface area contributed by atoms with Crippen LogP contribution in [-0.4, -0.2) is 5.11 Å². The largest absolute Gasteiger partial charge is 0.384 e. The van der Waals surface area contributed by atoms with Gasteiger partial charge < -0.3 is 5.11 Å². The van der Waals surface area contributed by atoms with Gasteiger partial charge in [-0.2, -0.15) is 0 Å². The Morgan fingerprint density at radius 1 is 1.00 bits per heavy atom. The number of hydrogen-bond acceptors (Lipinski definition) is 1. The highest BCUT2D eigenvalue weighted by Crippen LogP contribution is 2.31. The summed E-state index contributed by atoms with van der Waals surface area (Å²) in [5.41, 5.74) is 2.49. The number of benzene rings is 3. The molecule has 0 aliphatic heterocycles. The van der Waals surface area contributed by atoms with Crippen molar-refractivity contribution in [3.8, 4) is 0 Å². The second-order valence-corrected chi connectivity index (χ2v) is 5.95. The Labute approximate surface area is 131 Å². The fourth-order valence-electron chi connectivity index (χ4n) is 2.57. The molecule has 3 aromatic rings. The van der Waals surface area contributed by atoms with Crippen molar-refractivity contribution in [2.24, 2.45) is 0 Å². The number of rotatable bonds is 2. The Hall–Kier alpha value is -1.71. The van der Waals surface area contributed by atoms with Crippen molar-refractivity contribution in [2.45, 2.75) is 13.0 Å². The molecule has 0 bridgehead atoms. The number of aliphatic hydroxyl groups excluding tert-OH is 1. The minimum Gasteiger partial charge on any atom is -0.384 e.